The molecule has 0 fully saturated rings. The Hall–Kier alpha value is -0.870. The fraction of sp³-hybridized carbons (Fsp3) is 0.786. The van der Waals surface area contributed by atoms with Gasteiger partial charge in [-0.15, -0.1) is 0 Å². The standard InChI is InChI=1S/C14H28N4/c1-7-14(3,17(4)5)12(15-8-2)11-13-16-9-10-18(13)6/h9-10,12,15H,7-8,11H2,1-6H3. The third kappa shape index (κ3) is 3.12. The monoisotopic (exact) mass is 252 g/mol. The van der Waals surface area contributed by atoms with E-state index in [1.807, 2.05) is 12.4 Å². The lowest BCUT2D eigenvalue weighted by molar-refractivity contribution is 0.112. The zero-order valence-electron chi connectivity index (χ0n) is 12.7. The summed E-state index contributed by atoms with van der Waals surface area (Å²) in [6.45, 7) is 7.72. The molecule has 0 amide bonds. The van der Waals surface area contributed by atoms with Crippen molar-refractivity contribution in [1.29, 1.82) is 0 Å². The molecular weight excluding hydrogens is 224 g/mol. The van der Waals surface area contributed by atoms with E-state index >= 15 is 0 Å². The number of hydrogen-bond donors (Lipinski definition) is 1. The summed E-state index contributed by atoms with van der Waals surface area (Å²) in [5, 5.41) is 3.63. The molecule has 1 heterocycles. The fourth-order valence-corrected chi connectivity index (χ4v) is 2.41. The molecule has 1 aromatic rings. The Morgan fingerprint density at radius 1 is 1.44 bits per heavy atom. The first-order chi connectivity index (χ1) is 8.45. The predicted molar refractivity (Wildman–Crippen MR) is 76.8 cm³/mol. The second-order valence-electron chi connectivity index (χ2n) is 5.37. The molecule has 2 unspecified atom stereocenters. The molecule has 0 bridgehead atoms. The van der Waals surface area contributed by atoms with Crippen LogP contribution in [-0.4, -0.2) is 46.7 Å². The summed E-state index contributed by atoms with van der Waals surface area (Å²) < 4.78 is 2.11. The Morgan fingerprint density at radius 3 is 2.50 bits per heavy atom. The average molecular weight is 252 g/mol. The molecule has 1 aromatic heterocycles. The zero-order chi connectivity index (χ0) is 13.8. The van der Waals surface area contributed by atoms with E-state index in [9.17, 15) is 0 Å². The molecule has 0 spiro atoms. The molecule has 0 saturated heterocycles. The third-order valence-electron chi connectivity index (χ3n) is 4.25. The van der Waals surface area contributed by atoms with Gasteiger partial charge in [0.05, 0.1) is 0 Å². The van der Waals surface area contributed by atoms with Crippen molar-refractivity contribution in [3.8, 4) is 0 Å². The van der Waals surface area contributed by atoms with Crippen LogP contribution in [-0.2, 0) is 13.5 Å². The van der Waals surface area contributed by atoms with E-state index in [-0.39, 0.29) is 5.54 Å². The molecule has 0 aliphatic heterocycles. The highest BCUT2D eigenvalue weighted by Crippen LogP contribution is 2.23. The molecule has 0 aliphatic rings. The first-order valence-corrected chi connectivity index (χ1v) is 6.82. The number of hydrogen-bond acceptors (Lipinski definition) is 3. The van der Waals surface area contributed by atoms with Gasteiger partial charge in [0.1, 0.15) is 5.82 Å². The molecule has 1 N–H and O–H groups in total. The number of rotatable bonds is 7. The van der Waals surface area contributed by atoms with Crippen LogP contribution in [0.1, 0.15) is 33.0 Å². The number of imidazole rings is 1. The summed E-state index contributed by atoms with van der Waals surface area (Å²) in [5.74, 6) is 1.14. The van der Waals surface area contributed by atoms with Crippen molar-refractivity contribution in [2.24, 2.45) is 7.05 Å². The lowest BCUT2D eigenvalue weighted by Crippen LogP contribution is -2.58. The van der Waals surface area contributed by atoms with Crippen LogP contribution in [0.4, 0.5) is 0 Å². The average Bonchev–Trinajstić information content (AvgIpc) is 2.73. The number of likely N-dealkylation sites (N-methyl/N-ethyl adjacent to an activating group) is 2. The van der Waals surface area contributed by atoms with Gasteiger partial charge in [-0.3, -0.25) is 0 Å². The molecule has 2 atom stereocenters. The number of aromatic nitrogens is 2. The Bertz CT molecular complexity index is 358. The van der Waals surface area contributed by atoms with Crippen molar-refractivity contribution >= 4 is 0 Å². The number of nitrogens with one attached hydrogen (secondary N) is 1. The van der Waals surface area contributed by atoms with Crippen LogP contribution in [0.2, 0.25) is 0 Å². The largest absolute Gasteiger partial charge is 0.338 e. The predicted octanol–water partition coefficient (Wildman–Crippen LogP) is 1.67. The van der Waals surface area contributed by atoms with Gasteiger partial charge in [-0.25, -0.2) is 4.98 Å². The summed E-state index contributed by atoms with van der Waals surface area (Å²) in [6.07, 6.45) is 5.95. The topological polar surface area (TPSA) is 33.1 Å². The fourth-order valence-electron chi connectivity index (χ4n) is 2.41. The molecule has 4 nitrogen and oxygen atoms in total. The van der Waals surface area contributed by atoms with Crippen LogP contribution < -0.4 is 5.32 Å². The summed E-state index contributed by atoms with van der Waals surface area (Å²) in [6, 6.07) is 0.406. The van der Waals surface area contributed by atoms with Crippen LogP contribution >= 0.6 is 0 Å². The van der Waals surface area contributed by atoms with Gasteiger partial charge in [-0.05, 0) is 34.0 Å². The first kappa shape index (κ1) is 15.2. The van der Waals surface area contributed by atoms with Crippen LogP contribution in [0, 0.1) is 0 Å². The minimum atomic E-state index is 0.141. The van der Waals surface area contributed by atoms with E-state index in [4.69, 9.17) is 0 Å². The van der Waals surface area contributed by atoms with Crippen molar-refractivity contribution in [2.75, 3.05) is 20.6 Å². The normalized spacial score (nSPS) is 16.8. The number of nitrogens with zero attached hydrogens (tertiary/aromatic N) is 3. The molecule has 0 aliphatic carbocycles. The van der Waals surface area contributed by atoms with Crippen molar-refractivity contribution in [1.82, 2.24) is 19.8 Å². The van der Waals surface area contributed by atoms with Gasteiger partial charge in [-0.1, -0.05) is 13.8 Å². The zero-order valence-corrected chi connectivity index (χ0v) is 12.7. The van der Waals surface area contributed by atoms with Crippen LogP contribution in [0.5, 0.6) is 0 Å². The maximum Gasteiger partial charge on any atom is 0.109 e. The van der Waals surface area contributed by atoms with Gasteiger partial charge in [-0.2, -0.15) is 0 Å². The first-order valence-electron chi connectivity index (χ1n) is 6.82. The van der Waals surface area contributed by atoms with E-state index < -0.39 is 0 Å². The molecular formula is C14H28N4. The minimum absolute atomic E-state index is 0.141. The Labute approximate surface area is 111 Å². The summed E-state index contributed by atoms with van der Waals surface area (Å²) in [4.78, 5) is 6.77. The second kappa shape index (κ2) is 6.34. The summed E-state index contributed by atoms with van der Waals surface area (Å²) in [7, 11) is 6.38. The molecule has 104 valence electrons. The van der Waals surface area contributed by atoms with Gasteiger partial charge in [0.25, 0.3) is 0 Å². The van der Waals surface area contributed by atoms with E-state index in [0.29, 0.717) is 6.04 Å². The third-order valence-corrected chi connectivity index (χ3v) is 4.25. The van der Waals surface area contributed by atoms with E-state index in [0.717, 1.165) is 25.2 Å². The maximum absolute atomic E-state index is 4.45. The van der Waals surface area contributed by atoms with Crippen molar-refractivity contribution in [2.45, 2.75) is 45.2 Å². The Morgan fingerprint density at radius 2 is 2.11 bits per heavy atom. The molecule has 1 rings (SSSR count). The van der Waals surface area contributed by atoms with Gasteiger partial charge in [0, 0.05) is 37.4 Å². The Balaban J connectivity index is 2.91. The lowest BCUT2D eigenvalue weighted by Gasteiger charge is -2.43. The van der Waals surface area contributed by atoms with E-state index in [2.05, 4.69) is 61.7 Å². The van der Waals surface area contributed by atoms with Crippen molar-refractivity contribution < 1.29 is 0 Å². The highest BCUT2D eigenvalue weighted by atomic mass is 15.2. The summed E-state index contributed by atoms with van der Waals surface area (Å²) >= 11 is 0. The molecule has 0 saturated carbocycles. The van der Waals surface area contributed by atoms with Gasteiger partial charge < -0.3 is 14.8 Å². The molecule has 0 aromatic carbocycles. The Kier molecular flexibility index (Phi) is 5.35. The maximum atomic E-state index is 4.45. The van der Waals surface area contributed by atoms with Crippen molar-refractivity contribution in [3.63, 3.8) is 0 Å². The highest BCUT2D eigenvalue weighted by Gasteiger charge is 2.34. The highest BCUT2D eigenvalue weighted by molar-refractivity contribution is 5.02. The molecule has 0 radical (unpaired) electrons. The van der Waals surface area contributed by atoms with Gasteiger partial charge >= 0.3 is 0 Å². The number of aryl methyl sites for hydroxylation is 1. The van der Waals surface area contributed by atoms with Crippen molar-refractivity contribution in [3.05, 3.63) is 18.2 Å². The molecule has 4 heteroatoms. The molecule has 18 heavy (non-hydrogen) atoms. The van der Waals surface area contributed by atoms with Gasteiger partial charge in [0.2, 0.25) is 0 Å². The SMILES string of the molecule is CCNC(Cc1nccn1C)C(C)(CC)N(C)C. The summed E-state index contributed by atoms with van der Waals surface area (Å²) in [5.41, 5.74) is 0.141. The van der Waals surface area contributed by atoms with Crippen LogP contribution in [0.25, 0.3) is 0 Å². The van der Waals surface area contributed by atoms with E-state index in [1.54, 1.807) is 0 Å². The quantitative estimate of drug-likeness (QED) is 0.801. The second-order valence-corrected chi connectivity index (χ2v) is 5.37. The van der Waals surface area contributed by atoms with E-state index in [1.165, 1.54) is 0 Å². The minimum Gasteiger partial charge on any atom is -0.338 e. The van der Waals surface area contributed by atoms with Crippen LogP contribution in [0.3, 0.4) is 0 Å². The van der Waals surface area contributed by atoms with Gasteiger partial charge in [0.15, 0.2) is 0 Å². The lowest BCUT2D eigenvalue weighted by atomic mass is 9.85. The van der Waals surface area contributed by atoms with Crippen LogP contribution in [0.15, 0.2) is 12.4 Å². The smallest absolute Gasteiger partial charge is 0.109 e.